The number of amides is 1. The first-order valence-corrected chi connectivity index (χ1v) is 9.03. The van der Waals surface area contributed by atoms with Gasteiger partial charge in [-0.3, -0.25) is 9.69 Å². The lowest BCUT2D eigenvalue weighted by Crippen LogP contribution is -2.50. The first-order chi connectivity index (χ1) is 12.1. The smallest absolute Gasteiger partial charge is 0.241 e. The average Bonchev–Trinajstić information content (AvgIpc) is 2.60. The molecule has 25 heavy (non-hydrogen) atoms. The van der Waals surface area contributed by atoms with Gasteiger partial charge in [0.05, 0.1) is 26.4 Å². The molecule has 1 saturated heterocycles. The number of carbonyl (C=O) groups is 1. The Morgan fingerprint density at radius 3 is 2.96 bits per heavy atom. The van der Waals surface area contributed by atoms with E-state index in [9.17, 15) is 4.79 Å². The Morgan fingerprint density at radius 1 is 1.36 bits per heavy atom. The first-order valence-electron chi connectivity index (χ1n) is 9.03. The Morgan fingerprint density at radius 2 is 2.20 bits per heavy atom. The van der Waals surface area contributed by atoms with Gasteiger partial charge in [-0.25, -0.2) is 0 Å². The van der Waals surface area contributed by atoms with Crippen LogP contribution in [0, 0.1) is 0 Å². The van der Waals surface area contributed by atoms with Crippen molar-refractivity contribution < 1.29 is 14.3 Å². The van der Waals surface area contributed by atoms with Gasteiger partial charge in [0.2, 0.25) is 5.91 Å². The van der Waals surface area contributed by atoms with Crippen molar-refractivity contribution in [3.63, 3.8) is 0 Å². The van der Waals surface area contributed by atoms with Crippen molar-refractivity contribution in [3.8, 4) is 5.75 Å². The van der Waals surface area contributed by atoms with Crippen LogP contribution in [0.4, 0.5) is 5.69 Å². The second-order valence-electron chi connectivity index (χ2n) is 7.13. The monoisotopic (exact) mass is 347 g/mol. The molecular weight excluding hydrogens is 318 g/mol. The third-order valence-corrected chi connectivity index (χ3v) is 4.86. The molecule has 6 heteroatoms. The molecule has 0 spiro atoms. The lowest BCUT2D eigenvalue weighted by Gasteiger charge is -2.36. The molecule has 3 rings (SSSR count). The Hall–Kier alpha value is -1.63. The summed E-state index contributed by atoms with van der Waals surface area (Å²) in [5.74, 6) is 1.03. The fourth-order valence-corrected chi connectivity index (χ4v) is 3.68. The molecule has 2 heterocycles. The Bertz CT molecular complexity index is 606. The summed E-state index contributed by atoms with van der Waals surface area (Å²) in [4.78, 5) is 19.2. The standard InChI is InChI=1S/C19H29N3O3/c1-20(2)12-17-13-21(9-10-25-17)14-19(23)22-8-4-5-15-11-16(24-3)6-7-18(15)22/h6-7,11,17H,4-5,8-10,12-14H2,1-3H3/t17-/m0/s1. The topological polar surface area (TPSA) is 45.3 Å². The van der Waals surface area contributed by atoms with Crippen LogP contribution >= 0.6 is 0 Å². The minimum atomic E-state index is 0.175. The Balaban J connectivity index is 1.64. The zero-order chi connectivity index (χ0) is 17.8. The van der Waals surface area contributed by atoms with E-state index in [1.807, 2.05) is 31.1 Å². The summed E-state index contributed by atoms with van der Waals surface area (Å²) in [6.07, 6.45) is 2.17. The van der Waals surface area contributed by atoms with E-state index in [2.05, 4.69) is 15.9 Å². The van der Waals surface area contributed by atoms with Gasteiger partial charge in [-0.2, -0.15) is 0 Å². The third-order valence-electron chi connectivity index (χ3n) is 4.86. The van der Waals surface area contributed by atoms with E-state index in [4.69, 9.17) is 9.47 Å². The molecule has 138 valence electrons. The molecule has 1 aromatic rings. The highest BCUT2D eigenvalue weighted by molar-refractivity contribution is 5.96. The zero-order valence-corrected chi connectivity index (χ0v) is 15.5. The van der Waals surface area contributed by atoms with Gasteiger partial charge in [0.15, 0.2) is 0 Å². The number of hydrogen-bond donors (Lipinski definition) is 0. The molecule has 1 fully saturated rings. The minimum Gasteiger partial charge on any atom is -0.497 e. The third kappa shape index (κ3) is 4.51. The molecule has 6 nitrogen and oxygen atoms in total. The maximum Gasteiger partial charge on any atom is 0.241 e. The fraction of sp³-hybridized carbons (Fsp3) is 0.632. The van der Waals surface area contributed by atoms with E-state index >= 15 is 0 Å². The van der Waals surface area contributed by atoms with Crippen molar-refractivity contribution >= 4 is 11.6 Å². The second kappa shape index (κ2) is 8.17. The van der Waals surface area contributed by atoms with Crippen LogP contribution in [0.15, 0.2) is 18.2 Å². The molecule has 1 aromatic carbocycles. The molecule has 0 bridgehead atoms. The van der Waals surface area contributed by atoms with E-state index < -0.39 is 0 Å². The lowest BCUT2D eigenvalue weighted by atomic mass is 10.0. The fourth-order valence-electron chi connectivity index (χ4n) is 3.68. The van der Waals surface area contributed by atoms with Crippen molar-refractivity contribution in [1.82, 2.24) is 9.80 Å². The number of morpholine rings is 1. The van der Waals surface area contributed by atoms with Crippen LogP contribution in [0.25, 0.3) is 0 Å². The summed E-state index contributed by atoms with van der Waals surface area (Å²) >= 11 is 0. The molecule has 1 amide bonds. The number of benzene rings is 1. The van der Waals surface area contributed by atoms with Gasteiger partial charge in [-0.05, 0) is 50.7 Å². The highest BCUT2D eigenvalue weighted by atomic mass is 16.5. The molecular formula is C19H29N3O3. The quantitative estimate of drug-likeness (QED) is 0.802. The summed E-state index contributed by atoms with van der Waals surface area (Å²) < 4.78 is 11.1. The molecule has 0 unspecified atom stereocenters. The van der Waals surface area contributed by atoms with Crippen molar-refractivity contribution in [1.29, 1.82) is 0 Å². The summed E-state index contributed by atoms with van der Waals surface area (Å²) in [6.45, 7) is 4.46. The molecule has 0 aromatic heterocycles. The minimum absolute atomic E-state index is 0.175. The van der Waals surface area contributed by atoms with Gasteiger partial charge in [0.1, 0.15) is 5.75 Å². The molecule has 0 saturated carbocycles. The molecule has 2 aliphatic heterocycles. The molecule has 0 N–H and O–H groups in total. The van der Waals surface area contributed by atoms with Gasteiger partial charge in [-0.15, -0.1) is 0 Å². The Kier molecular flexibility index (Phi) is 5.93. The normalized spacial score (nSPS) is 21.3. The average molecular weight is 347 g/mol. The van der Waals surface area contributed by atoms with Crippen LogP contribution in [0.2, 0.25) is 0 Å². The largest absolute Gasteiger partial charge is 0.497 e. The van der Waals surface area contributed by atoms with Crippen LogP contribution < -0.4 is 9.64 Å². The van der Waals surface area contributed by atoms with Crippen molar-refractivity contribution in [2.75, 3.05) is 65.4 Å². The van der Waals surface area contributed by atoms with Gasteiger partial charge in [0, 0.05) is 31.9 Å². The number of fused-ring (bicyclic) bond motifs is 1. The number of ether oxygens (including phenoxy) is 2. The number of aryl methyl sites for hydroxylation is 1. The molecule has 0 radical (unpaired) electrons. The van der Waals surface area contributed by atoms with Crippen molar-refractivity contribution in [2.45, 2.75) is 18.9 Å². The maximum atomic E-state index is 12.9. The first kappa shape index (κ1) is 18.2. The van der Waals surface area contributed by atoms with Gasteiger partial charge in [0.25, 0.3) is 0 Å². The zero-order valence-electron chi connectivity index (χ0n) is 15.5. The van der Waals surface area contributed by atoms with Gasteiger partial charge < -0.3 is 19.3 Å². The molecule has 2 aliphatic rings. The summed E-state index contributed by atoms with van der Waals surface area (Å²) in [6, 6.07) is 6.00. The van der Waals surface area contributed by atoms with E-state index in [1.54, 1.807) is 7.11 Å². The second-order valence-corrected chi connectivity index (χ2v) is 7.13. The number of rotatable bonds is 5. The predicted molar refractivity (Wildman–Crippen MR) is 98.4 cm³/mol. The predicted octanol–water partition coefficient (Wildman–Crippen LogP) is 1.24. The van der Waals surface area contributed by atoms with Gasteiger partial charge >= 0.3 is 0 Å². The van der Waals surface area contributed by atoms with Crippen LogP contribution in [0.1, 0.15) is 12.0 Å². The molecule has 0 aliphatic carbocycles. The van der Waals surface area contributed by atoms with E-state index in [-0.39, 0.29) is 12.0 Å². The molecule has 1 atom stereocenters. The summed E-state index contributed by atoms with van der Waals surface area (Å²) in [7, 11) is 5.77. The van der Waals surface area contributed by atoms with Crippen LogP contribution in [0.5, 0.6) is 5.75 Å². The maximum absolute atomic E-state index is 12.9. The number of methoxy groups -OCH3 is 1. The summed E-state index contributed by atoms with van der Waals surface area (Å²) in [5.41, 5.74) is 2.24. The number of hydrogen-bond acceptors (Lipinski definition) is 5. The lowest BCUT2D eigenvalue weighted by molar-refractivity contribution is -0.122. The van der Waals surface area contributed by atoms with Crippen LogP contribution in [-0.2, 0) is 16.0 Å². The highest BCUT2D eigenvalue weighted by Gasteiger charge is 2.27. The van der Waals surface area contributed by atoms with E-state index in [0.717, 1.165) is 50.5 Å². The van der Waals surface area contributed by atoms with Gasteiger partial charge in [-0.1, -0.05) is 0 Å². The van der Waals surface area contributed by atoms with Crippen LogP contribution in [-0.4, -0.2) is 82.3 Å². The number of anilines is 1. The van der Waals surface area contributed by atoms with E-state index in [1.165, 1.54) is 5.56 Å². The van der Waals surface area contributed by atoms with Crippen LogP contribution in [0.3, 0.4) is 0 Å². The SMILES string of the molecule is COc1ccc2c(c1)CCCN2C(=O)CN1CCO[C@@H](CN(C)C)C1. The van der Waals surface area contributed by atoms with Crippen molar-refractivity contribution in [2.24, 2.45) is 0 Å². The van der Waals surface area contributed by atoms with E-state index in [0.29, 0.717) is 13.2 Å². The number of nitrogens with zero attached hydrogens (tertiary/aromatic N) is 3. The van der Waals surface area contributed by atoms with Crippen molar-refractivity contribution in [3.05, 3.63) is 23.8 Å². The number of likely N-dealkylation sites (N-methyl/N-ethyl adjacent to an activating group) is 1. The Labute approximate surface area is 150 Å². The number of carbonyl (C=O) groups excluding carboxylic acids is 1. The highest BCUT2D eigenvalue weighted by Crippen LogP contribution is 2.30. The summed E-state index contributed by atoms with van der Waals surface area (Å²) in [5, 5.41) is 0.